The van der Waals surface area contributed by atoms with Crippen molar-refractivity contribution < 1.29 is 5.11 Å². The maximum Gasteiger partial charge on any atom is 0.0465 e. The molecule has 4 aliphatic carbocycles. The van der Waals surface area contributed by atoms with E-state index in [1.54, 1.807) is 5.57 Å². The van der Waals surface area contributed by atoms with Crippen molar-refractivity contribution in [3.63, 3.8) is 0 Å². The van der Waals surface area contributed by atoms with Gasteiger partial charge in [-0.15, -0.1) is 6.58 Å². The highest BCUT2D eigenvalue weighted by molar-refractivity contribution is 5.32. The van der Waals surface area contributed by atoms with Gasteiger partial charge in [0, 0.05) is 6.61 Å². The Bertz CT molecular complexity index is 544. The first-order valence-corrected chi connectivity index (χ1v) is 10.4. The zero-order valence-electron chi connectivity index (χ0n) is 15.9. The molecule has 0 aromatic carbocycles. The molecule has 1 N–H and O–H groups in total. The summed E-state index contributed by atoms with van der Waals surface area (Å²) in [5.41, 5.74) is 3.13. The zero-order valence-corrected chi connectivity index (χ0v) is 15.9. The van der Waals surface area contributed by atoms with E-state index in [2.05, 4.69) is 39.5 Å². The maximum absolute atomic E-state index is 9.61. The van der Waals surface area contributed by atoms with Crippen LogP contribution in [-0.2, 0) is 0 Å². The second-order valence-electron chi connectivity index (χ2n) is 9.87. The van der Waals surface area contributed by atoms with Gasteiger partial charge in [0.1, 0.15) is 0 Å². The van der Waals surface area contributed by atoms with E-state index < -0.39 is 0 Å². The van der Waals surface area contributed by atoms with Crippen LogP contribution in [-0.4, -0.2) is 11.7 Å². The first-order valence-electron chi connectivity index (χ1n) is 10.4. The number of hydrogen-bond acceptors (Lipinski definition) is 1. The van der Waals surface area contributed by atoms with E-state index in [0.717, 1.165) is 17.8 Å². The molecule has 0 radical (unpaired) electrons. The van der Waals surface area contributed by atoms with Gasteiger partial charge in [-0.2, -0.15) is 0 Å². The molecule has 2 bridgehead atoms. The maximum atomic E-state index is 9.61. The molecular formula is C23H36O. The fourth-order valence-electron chi connectivity index (χ4n) is 7.78. The van der Waals surface area contributed by atoms with Crippen LogP contribution in [0.3, 0.4) is 0 Å². The molecule has 0 aliphatic heterocycles. The van der Waals surface area contributed by atoms with Crippen molar-refractivity contribution in [2.75, 3.05) is 6.61 Å². The molecule has 24 heavy (non-hydrogen) atoms. The minimum atomic E-state index is 0.331. The minimum absolute atomic E-state index is 0.331. The number of hydrogen-bond donors (Lipinski definition) is 1. The van der Waals surface area contributed by atoms with Crippen molar-refractivity contribution in [1.82, 2.24) is 0 Å². The molecule has 0 aromatic heterocycles. The van der Waals surface area contributed by atoms with Gasteiger partial charge in [-0.25, -0.2) is 0 Å². The Morgan fingerprint density at radius 3 is 2.67 bits per heavy atom. The van der Waals surface area contributed by atoms with Gasteiger partial charge in [-0.05, 0) is 84.9 Å². The third-order valence-corrected chi connectivity index (χ3v) is 8.90. The molecule has 4 fully saturated rings. The summed E-state index contributed by atoms with van der Waals surface area (Å²) in [6.45, 7) is 11.8. The van der Waals surface area contributed by atoms with Crippen molar-refractivity contribution >= 4 is 0 Å². The van der Waals surface area contributed by atoms with E-state index in [-0.39, 0.29) is 0 Å². The van der Waals surface area contributed by atoms with Gasteiger partial charge < -0.3 is 5.11 Å². The highest BCUT2D eigenvalue weighted by Crippen LogP contribution is 2.82. The Morgan fingerprint density at radius 1 is 1.29 bits per heavy atom. The molecule has 0 aromatic rings. The molecule has 4 aliphatic rings. The summed E-state index contributed by atoms with van der Waals surface area (Å²) >= 11 is 0. The van der Waals surface area contributed by atoms with Crippen LogP contribution in [0.15, 0.2) is 24.3 Å². The normalized spacial score (nSPS) is 54.1. The van der Waals surface area contributed by atoms with Crippen LogP contribution in [0.1, 0.15) is 65.7 Å². The Morgan fingerprint density at radius 2 is 2.08 bits per heavy atom. The summed E-state index contributed by atoms with van der Waals surface area (Å²) in [7, 11) is 0. The fraction of sp³-hybridized carbons (Fsp3) is 0.826. The van der Waals surface area contributed by atoms with E-state index in [1.165, 1.54) is 44.9 Å². The monoisotopic (exact) mass is 328 g/mol. The molecule has 1 spiro atoms. The molecule has 0 amide bonds. The topological polar surface area (TPSA) is 20.2 Å². The van der Waals surface area contributed by atoms with Gasteiger partial charge in [0.05, 0.1) is 0 Å². The van der Waals surface area contributed by atoms with Crippen molar-refractivity contribution in [3.05, 3.63) is 24.3 Å². The highest BCUT2D eigenvalue weighted by Gasteiger charge is 2.74. The second-order valence-corrected chi connectivity index (χ2v) is 9.87. The van der Waals surface area contributed by atoms with E-state index in [9.17, 15) is 5.11 Å². The molecule has 0 heterocycles. The molecule has 4 rings (SSSR count). The minimum Gasteiger partial charge on any atom is -0.396 e. The third-order valence-electron chi connectivity index (χ3n) is 8.90. The van der Waals surface area contributed by atoms with Crippen LogP contribution < -0.4 is 0 Å². The zero-order chi connectivity index (χ0) is 17.1. The van der Waals surface area contributed by atoms with Crippen LogP contribution in [0, 0.1) is 46.3 Å². The quantitative estimate of drug-likeness (QED) is 0.651. The van der Waals surface area contributed by atoms with E-state index in [1.807, 2.05) is 0 Å². The van der Waals surface area contributed by atoms with Gasteiger partial charge in [0.25, 0.3) is 0 Å². The summed E-state index contributed by atoms with van der Waals surface area (Å²) in [4.78, 5) is 0. The highest BCUT2D eigenvalue weighted by atomic mass is 16.3. The third kappa shape index (κ3) is 2.16. The van der Waals surface area contributed by atoms with Crippen LogP contribution in [0.5, 0.6) is 0 Å². The number of fused-ring (bicyclic) bond motifs is 3. The van der Waals surface area contributed by atoms with Gasteiger partial charge in [0.2, 0.25) is 0 Å². The first kappa shape index (κ1) is 16.9. The Labute approximate surface area is 148 Å². The van der Waals surface area contributed by atoms with Crippen molar-refractivity contribution in [2.45, 2.75) is 65.7 Å². The lowest BCUT2D eigenvalue weighted by Crippen LogP contribution is -2.28. The van der Waals surface area contributed by atoms with E-state index in [0.29, 0.717) is 35.2 Å². The van der Waals surface area contributed by atoms with Gasteiger partial charge >= 0.3 is 0 Å². The molecule has 4 saturated carbocycles. The lowest BCUT2D eigenvalue weighted by atomic mass is 9.69. The van der Waals surface area contributed by atoms with Crippen molar-refractivity contribution in [3.8, 4) is 0 Å². The van der Waals surface area contributed by atoms with Crippen molar-refractivity contribution in [1.29, 1.82) is 0 Å². The van der Waals surface area contributed by atoms with Crippen LogP contribution in [0.25, 0.3) is 0 Å². The predicted octanol–water partition coefficient (Wildman–Crippen LogP) is 5.61. The summed E-state index contributed by atoms with van der Waals surface area (Å²) in [5.74, 6) is 4.38. The molecule has 8 unspecified atom stereocenters. The SMILES string of the molecule is C=CC1CC(/C=C2\CC3CC2C(C)C32CC2(C)CCC)CC1CO. The summed E-state index contributed by atoms with van der Waals surface area (Å²) in [5, 5.41) is 9.61. The second kappa shape index (κ2) is 5.73. The Hall–Kier alpha value is -0.560. The summed E-state index contributed by atoms with van der Waals surface area (Å²) in [6.07, 6.45) is 14.2. The molecule has 8 atom stereocenters. The fourth-order valence-corrected chi connectivity index (χ4v) is 7.78. The first-order chi connectivity index (χ1) is 11.5. The number of rotatable bonds is 5. The molecule has 0 saturated heterocycles. The summed E-state index contributed by atoms with van der Waals surface area (Å²) < 4.78 is 0. The largest absolute Gasteiger partial charge is 0.396 e. The smallest absolute Gasteiger partial charge is 0.0465 e. The molecule has 134 valence electrons. The van der Waals surface area contributed by atoms with Gasteiger partial charge in [0.15, 0.2) is 0 Å². The number of allylic oxidation sites excluding steroid dienone is 3. The Balaban J connectivity index is 1.48. The Kier molecular flexibility index (Phi) is 4.03. The van der Waals surface area contributed by atoms with Gasteiger partial charge in [-0.1, -0.05) is 44.9 Å². The molecule has 1 heteroatoms. The van der Waals surface area contributed by atoms with E-state index >= 15 is 0 Å². The van der Waals surface area contributed by atoms with E-state index in [4.69, 9.17) is 0 Å². The molecule has 1 nitrogen and oxygen atoms in total. The lowest BCUT2D eigenvalue weighted by molar-refractivity contribution is 0.178. The summed E-state index contributed by atoms with van der Waals surface area (Å²) in [6, 6.07) is 0. The molecular weight excluding hydrogens is 292 g/mol. The average molecular weight is 329 g/mol. The number of aliphatic hydroxyl groups excluding tert-OH is 1. The number of aliphatic hydroxyl groups is 1. The van der Waals surface area contributed by atoms with Crippen molar-refractivity contribution in [2.24, 2.45) is 46.3 Å². The van der Waals surface area contributed by atoms with Crippen LogP contribution >= 0.6 is 0 Å². The average Bonchev–Trinajstić information content (AvgIpc) is 2.93. The van der Waals surface area contributed by atoms with Crippen LogP contribution in [0.2, 0.25) is 0 Å². The predicted molar refractivity (Wildman–Crippen MR) is 101 cm³/mol. The lowest BCUT2D eigenvalue weighted by Gasteiger charge is -2.35. The standard InChI is InChI=1S/C23H36O/c1-5-7-22(4)14-23(22)15(3)21-12-20(23)11-18(21)9-16-8-17(6-2)19(10-16)13-24/h6,9,15-17,19-21,24H,2,5,7-8,10-14H2,1,3-4H3/b18-9+. The van der Waals surface area contributed by atoms with Crippen LogP contribution in [0.4, 0.5) is 0 Å². The van der Waals surface area contributed by atoms with Gasteiger partial charge in [-0.3, -0.25) is 0 Å².